The van der Waals surface area contributed by atoms with Crippen LogP contribution in [-0.4, -0.2) is 13.7 Å². The predicted octanol–water partition coefficient (Wildman–Crippen LogP) is 9.22. The van der Waals surface area contributed by atoms with Gasteiger partial charge in [-0.3, -0.25) is 0 Å². The van der Waals surface area contributed by atoms with E-state index in [0.29, 0.717) is 7.11 Å². The van der Waals surface area contributed by atoms with Crippen molar-refractivity contribution in [2.75, 3.05) is 13.7 Å². The van der Waals surface area contributed by atoms with Gasteiger partial charge >= 0.3 is 12.4 Å². The first-order chi connectivity index (χ1) is 18.9. The fraction of sp³-hybridized carbons (Fsp3) is 0.200. The van der Waals surface area contributed by atoms with Gasteiger partial charge in [-0.1, -0.05) is 0 Å². The van der Waals surface area contributed by atoms with Crippen molar-refractivity contribution in [2.45, 2.75) is 19.3 Å². The largest absolute Gasteiger partial charge is 0.495 e. The lowest BCUT2D eigenvalue weighted by Crippen LogP contribution is -2.14. The van der Waals surface area contributed by atoms with E-state index in [1.807, 2.05) is 0 Å². The highest BCUT2D eigenvalue weighted by Crippen LogP contribution is 2.55. The minimum absolute atomic E-state index is 0.260. The van der Waals surface area contributed by atoms with E-state index in [-0.39, 0.29) is 12.1 Å². The van der Waals surface area contributed by atoms with Gasteiger partial charge in [0, 0.05) is 32.7 Å². The Labute approximate surface area is 218 Å². The maximum atomic E-state index is 15.2. The van der Waals surface area contributed by atoms with Gasteiger partial charge in [0.15, 0.2) is 46.5 Å². The number of rotatable bonds is 4. The van der Waals surface area contributed by atoms with Crippen molar-refractivity contribution in [1.29, 1.82) is 0 Å². The molecule has 0 N–H and O–H groups in total. The first-order valence-corrected chi connectivity index (χ1v) is 10.9. The molecule has 4 aromatic rings. The van der Waals surface area contributed by atoms with Gasteiger partial charge in [0.05, 0.1) is 24.8 Å². The van der Waals surface area contributed by atoms with E-state index in [1.165, 1.54) is 0 Å². The molecule has 4 aromatic carbocycles. The van der Waals surface area contributed by atoms with Crippen LogP contribution in [-0.2, 0) is 12.4 Å². The Morgan fingerprint density at radius 3 is 1.22 bits per heavy atom. The van der Waals surface area contributed by atoms with Crippen molar-refractivity contribution in [3.63, 3.8) is 0 Å². The highest BCUT2D eigenvalue weighted by atomic mass is 19.4. The summed E-state index contributed by atoms with van der Waals surface area (Å²) < 4.78 is 211. The van der Waals surface area contributed by atoms with Gasteiger partial charge in [0.25, 0.3) is 0 Å². The van der Waals surface area contributed by atoms with E-state index in [1.54, 1.807) is 0 Å². The summed E-state index contributed by atoms with van der Waals surface area (Å²) in [4.78, 5) is 0. The number of halogens is 14. The first kappa shape index (κ1) is 30.0. The Balaban J connectivity index is 2.55. The average molecular weight is 608 g/mol. The maximum Gasteiger partial charge on any atom is 0.420 e. The van der Waals surface area contributed by atoms with Gasteiger partial charge < -0.3 is 9.47 Å². The van der Waals surface area contributed by atoms with Gasteiger partial charge in [-0.25, -0.2) is 35.1 Å². The molecule has 0 saturated heterocycles. The van der Waals surface area contributed by atoms with Gasteiger partial charge in [-0.2, -0.15) is 26.3 Å². The molecule has 41 heavy (non-hydrogen) atoms. The summed E-state index contributed by atoms with van der Waals surface area (Å²) in [5.41, 5.74) is -7.79. The monoisotopic (exact) mass is 608 g/mol. The molecule has 0 spiro atoms. The summed E-state index contributed by atoms with van der Waals surface area (Å²) in [5, 5.41) is -6.97. The minimum Gasteiger partial charge on any atom is -0.495 e. The zero-order chi connectivity index (χ0) is 30.9. The van der Waals surface area contributed by atoms with Crippen LogP contribution >= 0.6 is 0 Å². The molecular weight excluding hydrogens is 598 g/mol. The lowest BCUT2D eigenvalue weighted by molar-refractivity contribution is -0.139. The average Bonchev–Trinajstić information content (AvgIpc) is 2.89. The van der Waals surface area contributed by atoms with Crippen molar-refractivity contribution >= 4 is 21.5 Å². The standard InChI is InChI=1S/C25H10F14O2/c1-3-41-23-9(25(37,38)39)5-7-11(17(29)21(33)19(31)15(7)27)13(23)12-10-6(14(26)18(30)20(32)16(10)28)4-8(22(12)40-2)24(34,35)36/h4-5H,3H2,1-2H3. The number of alkyl halides is 6. The van der Waals surface area contributed by atoms with Crippen LogP contribution in [0, 0.1) is 46.5 Å². The van der Waals surface area contributed by atoms with E-state index in [4.69, 9.17) is 4.74 Å². The fourth-order valence-corrected chi connectivity index (χ4v) is 4.38. The number of hydrogen-bond acceptors (Lipinski definition) is 2. The van der Waals surface area contributed by atoms with Gasteiger partial charge in [-0.05, 0) is 19.1 Å². The van der Waals surface area contributed by atoms with Crippen LogP contribution < -0.4 is 9.47 Å². The molecule has 0 aliphatic rings. The molecule has 0 heterocycles. The van der Waals surface area contributed by atoms with Crippen LogP contribution in [0.5, 0.6) is 11.5 Å². The molecule has 0 aliphatic heterocycles. The quantitative estimate of drug-likeness (QED) is 0.131. The van der Waals surface area contributed by atoms with Gasteiger partial charge in [0.2, 0.25) is 0 Å². The summed E-state index contributed by atoms with van der Waals surface area (Å²) in [7, 11) is 0.432. The second-order valence-corrected chi connectivity index (χ2v) is 8.25. The summed E-state index contributed by atoms with van der Waals surface area (Å²) in [6, 6.07) is -0.532. The third-order valence-electron chi connectivity index (χ3n) is 5.98. The number of benzene rings is 4. The third-order valence-corrected chi connectivity index (χ3v) is 5.98. The van der Waals surface area contributed by atoms with E-state index < -0.39 is 121 Å². The second-order valence-electron chi connectivity index (χ2n) is 8.25. The van der Waals surface area contributed by atoms with Crippen molar-refractivity contribution in [1.82, 2.24) is 0 Å². The molecule has 0 atom stereocenters. The van der Waals surface area contributed by atoms with Crippen molar-refractivity contribution in [3.05, 3.63) is 69.8 Å². The van der Waals surface area contributed by atoms with Crippen molar-refractivity contribution in [3.8, 4) is 22.6 Å². The van der Waals surface area contributed by atoms with E-state index in [2.05, 4.69) is 4.74 Å². The molecule has 16 heteroatoms. The Morgan fingerprint density at radius 2 is 0.878 bits per heavy atom. The Hall–Kier alpha value is -3.98. The molecular formula is C25H10F14O2. The smallest absolute Gasteiger partial charge is 0.420 e. The second kappa shape index (κ2) is 9.83. The zero-order valence-electron chi connectivity index (χ0n) is 20.0. The lowest BCUT2D eigenvalue weighted by Gasteiger charge is -2.25. The highest BCUT2D eigenvalue weighted by Gasteiger charge is 2.43. The maximum absolute atomic E-state index is 15.2. The van der Waals surface area contributed by atoms with Crippen LogP contribution in [0.2, 0.25) is 0 Å². The first-order valence-electron chi connectivity index (χ1n) is 10.9. The summed E-state index contributed by atoms with van der Waals surface area (Å²) in [5.74, 6) is -24.0. The number of hydrogen-bond donors (Lipinski definition) is 0. The Kier molecular flexibility index (Phi) is 7.19. The van der Waals surface area contributed by atoms with Crippen molar-refractivity contribution in [2.24, 2.45) is 0 Å². The number of methoxy groups -OCH3 is 1. The molecule has 0 radical (unpaired) electrons. The fourth-order valence-electron chi connectivity index (χ4n) is 4.38. The molecule has 0 saturated carbocycles. The molecule has 220 valence electrons. The molecule has 0 bridgehead atoms. The van der Waals surface area contributed by atoms with E-state index >= 15 is 8.78 Å². The van der Waals surface area contributed by atoms with E-state index in [0.717, 1.165) is 6.92 Å². The molecule has 0 amide bonds. The number of ether oxygens (including phenoxy) is 2. The van der Waals surface area contributed by atoms with Crippen LogP contribution in [0.3, 0.4) is 0 Å². The molecule has 4 rings (SSSR count). The highest BCUT2D eigenvalue weighted by molar-refractivity contribution is 6.11. The summed E-state index contributed by atoms with van der Waals surface area (Å²) in [6.45, 7) is 0.196. The number of fused-ring (bicyclic) bond motifs is 2. The van der Waals surface area contributed by atoms with E-state index in [9.17, 15) is 52.7 Å². The molecule has 0 unspecified atom stereocenters. The molecule has 0 aliphatic carbocycles. The lowest BCUT2D eigenvalue weighted by atomic mass is 9.87. The SMILES string of the molecule is CCOc1c(C(F)(F)F)cc2c(F)c(F)c(F)c(F)c2c1-c1c(OC)c(C(F)(F)F)cc2c(F)c(F)c(F)c(F)c12. The van der Waals surface area contributed by atoms with Crippen LogP contribution in [0.25, 0.3) is 32.7 Å². The molecule has 2 nitrogen and oxygen atoms in total. The zero-order valence-corrected chi connectivity index (χ0v) is 20.0. The Morgan fingerprint density at radius 1 is 0.537 bits per heavy atom. The molecule has 0 aromatic heterocycles. The van der Waals surface area contributed by atoms with Crippen LogP contribution in [0.1, 0.15) is 18.1 Å². The predicted molar refractivity (Wildman–Crippen MR) is 114 cm³/mol. The normalized spacial score (nSPS) is 12.5. The van der Waals surface area contributed by atoms with Crippen LogP contribution in [0.15, 0.2) is 12.1 Å². The molecule has 0 fully saturated rings. The topological polar surface area (TPSA) is 18.5 Å². The van der Waals surface area contributed by atoms with Crippen LogP contribution in [0.4, 0.5) is 61.5 Å². The Bertz CT molecular complexity index is 1740. The summed E-state index contributed by atoms with van der Waals surface area (Å²) >= 11 is 0. The summed E-state index contributed by atoms with van der Waals surface area (Å²) in [6.07, 6.45) is -11.3. The minimum atomic E-state index is -5.65. The van der Waals surface area contributed by atoms with Gasteiger partial charge in [-0.15, -0.1) is 0 Å². The van der Waals surface area contributed by atoms with Crippen molar-refractivity contribution < 1.29 is 70.9 Å². The van der Waals surface area contributed by atoms with Gasteiger partial charge in [0.1, 0.15) is 11.5 Å². The third kappa shape index (κ3) is 4.43.